The van der Waals surface area contributed by atoms with Crippen LogP contribution in [-0.4, -0.2) is 40.7 Å². The minimum Gasteiger partial charge on any atom is -0.368 e. The van der Waals surface area contributed by atoms with E-state index in [0.29, 0.717) is 23.0 Å². The monoisotopic (exact) mass is 445 g/mol. The number of nitrogens with one attached hydrogen (secondary N) is 3. The van der Waals surface area contributed by atoms with Gasteiger partial charge in [0.05, 0.1) is 28.3 Å². The number of amides is 2. The smallest absolute Gasteiger partial charge is 0.254 e. The molecule has 3 heterocycles. The quantitative estimate of drug-likeness (QED) is 0.557. The highest BCUT2D eigenvalue weighted by Crippen LogP contribution is 2.43. The third-order valence-corrected chi connectivity index (χ3v) is 6.33. The zero-order valence-electron chi connectivity index (χ0n) is 19.1. The molecule has 2 amide bonds. The molecule has 33 heavy (non-hydrogen) atoms. The number of rotatable bonds is 5. The van der Waals surface area contributed by atoms with Gasteiger partial charge in [-0.25, -0.2) is 4.98 Å². The van der Waals surface area contributed by atoms with Gasteiger partial charge in [0, 0.05) is 63.2 Å². The summed E-state index contributed by atoms with van der Waals surface area (Å²) in [5.41, 5.74) is 5.95. The Morgan fingerprint density at radius 3 is 2.70 bits per heavy atom. The number of aryl methyl sites for hydroxylation is 1. The fourth-order valence-electron chi connectivity index (χ4n) is 4.46. The molecule has 2 atom stereocenters. The Balaban J connectivity index is 1.53. The van der Waals surface area contributed by atoms with Gasteiger partial charge in [0.25, 0.3) is 5.91 Å². The van der Waals surface area contributed by atoms with Crippen molar-refractivity contribution in [1.29, 1.82) is 0 Å². The zero-order valence-corrected chi connectivity index (χ0v) is 19.1. The summed E-state index contributed by atoms with van der Waals surface area (Å²) < 4.78 is 1.83. The van der Waals surface area contributed by atoms with Gasteiger partial charge < -0.3 is 20.9 Å². The molecule has 3 N–H and O–H groups in total. The summed E-state index contributed by atoms with van der Waals surface area (Å²) in [5.74, 6) is 0.552. The predicted molar refractivity (Wildman–Crippen MR) is 128 cm³/mol. The first-order valence-corrected chi connectivity index (χ1v) is 11.0. The molecule has 1 saturated carbocycles. The summed E-state index contributed by atoms with van der Waals surface area (Å²) >= 11 is 0. The van der Waals surface area contributed by atoms with Gasteiger partial charge in [-0.15, -0.1) is 0 Å². The van der Waals surface area contributed by atoms with E-state index in [-0.39, 0.29) is 17.7 Å². The average Bonchev–Trinajstić information content (AvgIpc) is 3.41. The molecule has 0 bridgehead atoms. The van der Waals surface area contributed by atoms with E-state index in [4.69, 9.17) is 0 Å². The van der Waals surface area contributed by atoms with E-state index in [2.05, 4.69) is 43.9 Å². The van der Waals surface area contributed by atoms with Crippen LogP contribution in [0.4, 0.5) is 22.9 Å². The Morgan fingerprint density at radius 2 is 1.97 bits per heavy atom. The number of pyridine rings is 1. The van der Waals surface area contributed by atoms with Gasteiger partial charge in [0.15, 0.2) is 0 Å². The molecule has 170 valence electrons. The summed E-state index contributed by atoms with van der Waals surface area (Å²) in [6.07, 6.45) is 4.42. The maximum Gasteiger partial charge on any atom is 0.254 e. The number of carbonyl (C=O) groups excluding carboxylic acids is 2. The highest BCUT2D eigenvalue weighted by Gasteiger charge is 2.39. The number of carbonyl (C=O) groups is 2. The summed E-state index contributed by atoms with van der Waals surface area (Å²) in [6, 6.07) is 7.71. The van der Waals surface area contributed by atoms with Crippen molar-refractivity contribution in [1.82, 2.24) is 20.1 Å². The van der Waals surface area contributed by atoms with E-state index in [1.165, 1.54) is 11.8 Å². The Bertz CT molecular complexity index is 1270. The van der Waals surface area contributed by atoms with Gasteiger partial charge >= 0.3 is 0 Å². The van der Waals surface area contributed by atoms with Crippen molar-refractivity contribution >= 4 is 34.7 Å². The lowest BCUT2D eigenvalue weighted by molar-refractivity contribution is -0.117. The van der Waals surface area contributed by atoms with Crippen molar-refractivity contribution in [3.63, 3.8) is 0 Å². The molecule has 2 aliphatic rings. The molecular weight excluding hydrogens is 418 g/mol. The molecule has 1 aromatic carbocycles. The maximum absolute atomic E-state index is 12.5. The summed E-state index contributed by atoms with van der Waals surface area (Å²) in [6.45, 7) is 2.79. The van der Waals surface area contributed by atoms with Gasteiger partial charge in [0.2, 0.25) is 5.91 Å². The minimum atomic E-state index is -0.260. The van der Waals surface area contributed by atoms with Gasteiger partial charge in [0.1, 0.15) is 5.82 Å². The molecule has 1 aliphatic carbocycles. The standard InChI is InChI=1S/C24H27N7O2/c1-13-8-16(13)24(33)28-20-9-19(17(10-26-20)23(32)25-2)27-18-7-5-6-15-21-14(12-31(4)29-21)11-30(3)22(15)18/h5-7,9-10,12-13,16H,8,11H2,1-4H3,(H,25,32)(H2,26,27,28,33)/t13-,16?/m1/s1. The number of hydrogen-bond donors (Lipinski definition) is 3. The van der Waals surface area contributed by atoms with Crippen LogP contribution in [0, 0.1) is 11.8 Å². The van der Waals surface area contributed by atoms with E-state index >= 15 is 0 Å². The number of benzene rings is 1. The van der Waals surface area contributed by atoms with Crippen molar-refractivity contribution in [2.75, 3.05) is 29.6 Å². The van der Waals surface area contributed by atoms with Crippen molar-refractivity contribution in [3.05, 3.63) is 47.8 Å². The first-order chi connectivity index (χ1) is 15.9. The topological polar surface area (TPSA) is 104 Å². The Kier molecular flexibility index (Phi) is 5.03. The molecule has 9 nitrogen and oxygen atoms in total. The van der Waals surface area contributed by atoms with Crippen LogP contribution in [0.3, 0.4) is 0 Å². The van der Waals surface area contributed by atoms with Crippen LogP contribution in [0.1, 0.15) is 29.3 Å². The second-order valence-corrected chi connectivity index (χ2v) is 8.86. The Morgan fingerprint density at radius 1 is 1.18 bits per heavy atom. The predicted octanol–water partition coefficient (Wildman–Crippen LogP) is 3.13. The number of anilines is 4. The van der Waals surface area contributed by atoms with Crippen molar-refractivity contribution < 1.29 is 9.59 Å². The average molecular weight is 446 g/mol. The molecule has 1 aliphatic heterocycles. The zero-order chi connectivity index (χ0) is 23.3. The Hall–Kier alpha value is -3.88. The second kappa shape index (κ2) is 7.91. The number of fused-ring (bicyclic) bond motifs is 3. The molecule has 2 aromatic heterocycles. The molecule has 1 unspecified atom stereocenters. The van der Waals surface area contributed by atoms with E-state index in [9.17, 15) is 9.59 Å². The summed E-state index contributed by atoms with van der Waals surface area (Å²) in [5, 5.41) is 13.6. The van der Waals surface area contributed by atoms with Crippen LogP contribution in [0.25, 0.3) is 11.3 Å². The highest BCUT2D eigenvalue weighted by molar-refractivity contribution is 6.02. The van der Waals surface area contributed by atoms with Crippen LogP contribution in [0.15, 0.2) is 36.7 Å². The number of para-hydroxylation sites is 1. The molecule has 5 rings (SSSR count). The van der Waals surface area contributed by atoms with Crippen LogP contribution in [0.5, 0.6) is 0 Å². The van der Waals surface area contributed by atoms with E-state index in [0.717, 1.165) is 35.6 Å². The lowest BCUT2D eigenvalue weighted by Crippen LogP contribution is -2.23. The number of hydrogen-bond acceptors (Lipinski definition) is 6. The van der Waals surface area contributed by atoms with Gasteiger partial charge in [-0.05, 0) is 18.4 Å². The SMILES string of the molecule is CNC(=O)c1cnc(NC(=O)C2C[C@H]2C)cc1Nc1cccc2c1N(C)Cc1cn(C)nc1-2. The third kappa shape index (κ3) is 3.79. The van der Waals surface area contributed by atoms with Gasteiger partial charge in [-0.2, -0.15) is 5.10 Å². The highest BCUT2D eigenvalue weighted by atomic mass is 16.2. The van der Waals surface area contributed by atoms with Crippen LogP contribution < -0.4 is 20.9 Å². The molecule has 0 radical (unpaired) electrons. The summed E-state index contributed by atoms with van der Waals surface area (Å²) in [4.78, 5) is 31.4. The van der Waals surface area contributed by atoms with Crippen LogP contribution in [0.2, 0.25) is 0 Å². The minimum absolute atomic E-state index is 0.0317. The van der Waals surface area contributed by atoms with E-state index < -0.39 is 0 Å². The van der Waals surface area contributed by atoms with E-state index in [1.54, 1.807) is 13.1 Å². The molecule has 9 heteroatoms. The number of nitrogens with zero attached hydrogens (tertiary/aromatic N) is 4. The second-order valence-electron chi connectivity index (χ2n) is 8.86. The van der Waals surface area contributed by atoms with E-state index in [1.807, 2.05) is 37.1 Å². The maximum atomic E-state index is 12.5. The molecule has 0 saturated heterocycles. The summed E-state index contributed by atoms with van der Waals surface area (Å²) in [7, 11) is 5.54. The fraction of sp³-hybridized carbons (Fsp3) is 0.333. The van der Waals surface area contributed by atoms with Crippen molar-refractivity contribution in [2.45, 2.75) is 19.9 Å². The lowest BCUT2D eigenvalue weighted by atomic mass is 9.99. The van der Waals surface area contributed by atoms with Crippen LogP contribution >= 0.6 is 0 Å². The third-order valence-electron chi connectivity index (χ3n) is 6.33. The van der Waals surface area contributed by atoms with Crippen molar-refractivity contribution in [3.8, 4) is 11.3 Å². The normalized spacial score (nSPS) is 18.2. The lowest BCUT2D eigenvalue weighted by Gasteiger charge is -2.29. The van der Waals surface area contributed by atoms with Crippen LogP contribution in [-0.2, 0) is 18.4 Å². The molecule has 3 aromatic rings. The van der Waals surface area contributed by atoms with Gasteiger partial charge in [-0.1, -0.05) is 19.1 Å². The van der Waals surface area contributed by atoms with Gasteiger partial charge in [-0.3, -0.25) is 14.3 Å². The fourth-order valence-corrected chi connectivity index (χ4v) is 4.46. The first kappa shape index (κ1) is 21.0. The molecule has 0 spiro atoms. The number of aromatic nitrogens is 3. The first-order valence-electron chi connectivity index (χ1n) is 11.0. The molecular formula is C24H27N7O2. The Labute approximate surface area is 192 Å². The van der Waals surface area contributed by atoms with Crippen molar-refractivity contribution in [2.24, 2.45) is 18.9 Å². The largest absolute Gasteiger partial charge is 0.368 e. The molecule has 1 fully saturated rings.